The molecule has 0 amide bonds. The first kappa shape index (κ1) is 38.4. The third-order valence-corrected chi connectivity index (χ3v) is 18.1. The second-order valence-electron chi connectivity index (χ2n) is 16.9. The van der Waals surface area contributed by atoms with Crippen molar-refractivity contribution in [2.45, 2.75) is 0 Å². The summed E-state index contributed by atoms with van der Waals surface area (Å²) in [6, 6.07) is 98.6. The molecule has 0 aliphatic heterocycles. The monoisotopic (exact) mass is 844 g/mol. The summed E-state index contributed by atoms with van der Waals surface area (Å²) in [5, 5.41) is 12.8. The molecule has 0 bridgehead atoms. The molecule has 306 valence electrons. The van der Waals surface area contributed by atoms with Gasteiger partial charge in [-0.3, -0.25) is 0 Å². The Morgan fingerprint density at radius 2 is 0.831 bits per heavy atom. The third kappa shape index (κ3) is 6.47. The number of para-hydroxylation sites is 2. The van der Waals surface area contributed by atoms with E-state index in [1.807, 2.05) is 0 Å². The molecule has 0 atom stereocenters. The molecule has 0 N–H and O–H groups in total. The standard InChI is InChI=1S/C62H44N2Si/c1-4-22-49(23-5-1)64-59-31-15-14-29-58(59)62-60(32-17-33-61(62)64)63(50-37-34-47(35-38-50)57-30-16-21-46-19-12-13-28-56(46)57)51-39-42-54(43-40-51)65(52-24-6-2-7-25-52,53-26-8-3-9-27-53)55-41-36-45-18-10-11-20-48(45)44-55/h1-44H. The van der Waals surface area contributed by atoms with Crippen LogP contribution < -0.4 is 25.6 Å². The van der Waals surface area contributed by atoms with Crippen LogP contribution in [-0.4, -0.2) is 12.6 Å². The Balaban J connectivity index is 1.09. The number of anilines is 3. The molecular weight excluding hydrogens is 801 g/mol. The topological polar surface area (TPSA) is 8.17 Å². The highest BCUT2D eigenvalue weighted by Gasteiger charge is 2.41. The molecule has 1 aromatic heterocycles. The minimum absolute atomic E-state index is 1.09. The predicted octanol–water partition coefficient (Wildman–Crippen LogP) is 13.6. The highest BCUT2D eigenvalue weighted by atomic mass is 28.3. The first-order chi connectivity index (χ1) is 32.3. The average Bonchev–Trinajstić information content (AvgIpc) is 3.73. The molecule has 12 aromatic rings. The van der Waals surface area contributed by atoms with Gasteiger partial charge < -0.3 is 9.47 Å². The molecule has 0 spiro atoms. The van der Waals surface area contributed by atoms with E-state index in [-0.39, 0.29) is 0 Å². The minimum atomic E-state index is -2.84. The SMILES string of the molecule is c1ccc(-n2c3ccccc3c3c(N(c4ccc(-c5cccc6ccccc56)cc4)c4ccc([Si](c5ccccc5)(c5ccccc5)c5ccc6ccccc6c5)cc4)cccc32)cc1. The van der Waals surface area contributed by atoms with Gasteiger partial charge in [-0.05, 0) is 108 Å². The lowest BCUT2D eigenvalue weighted by Gasteiger charge is -2.35. The second kappa shape index (κ2) is 16.1. The number of rotatable bonds is 9. The van der Waals surface area contributed by atoms with E-state index < -0.39 is 8.07 Å². The van der Waals surface area contributed by atoms with E-state index in [1.165, 1.54) is 75.2 Å². The lowest BCUT2D eigenvalue weighted by Crippen LogP contribution is -2.74. The lowest BCUT2D eigenvalue weighted by atomic mass is 9.98. The highest BCUT2D eigenvalue weighted by molar-refractivity contribution is 7.20. The quantitative estimate of drug-likeness (QED) is 0.104. The molecular formula is C62H44N2Si. The molecule has 0 radical (unpaired) electrons. The van der Waals surface area contributed by atoms with Crippen LogP contribution in [-0.2, 0) is 0 Å². The molecule has 3 heteroatoms. The summed E-state index contributed by atoms with van der Waals surface area (Å²) in [4.78, 5) is 2.46. The van der Waals surface area contributed by atoms with E-state index in [1.54, 1.807) is 0 Å². The van der Waals surface area contributed by atoms with Gasteiger partial charge in [-0.25, -0.2) is 0 Å². The summed E-state index contributed by atoms with van der Waals surface area (Å²) in [7, 11) is -2.84. The zero-order chi connectivity index (χ0) is 43.2. The average molecular weight is 845 g/mol. The van der Waals surface area contributed by atoms with Gasteiger partial charge in [0.25, 0.3) is 0 Å². The van der Waals surface area contributed by atoms with Crippen LogP contribution in [0.25, 0.3) is 60.2 Å². The summed E-state index contributed by atoms with van der Waals surface area (Å²) >= 11 is 0. The Morgan fingerprint density at radius 1 is 0.323 bits per heavy atom. The molecule has 0 aliphatic carbocycles. The van der Waals surface area contributed by atoms with Crippen molar-refractivity contribution in [1.82, 2.24) is 4.57 Å². The lowest BCUT2D eigenvalue weighted by molar-refractivity contribution is 1.18. The van der Waals surface area contributed by atoms with Gasteiger partial charge in [-0.15, -0.1) is 0 Å². The molecule has 65 heavy (non-hydrogen) atoms. The maximum absolute atomic E-state index is 2.84. The van der Waals surface area contributed by atoms with Crippen LogP contribution in [0.3, 0.4) is 0 Å². The van der Waals surface area contributed by atoms with E-state index >= 15 is 0 Å². The van der Waals surface area contributed by atoms with E-state index in [0.29, 0.717) is 0 Å². The Kier molecular flexibility index (Phi) is 9.55. The summed E-state index contributed by atoms with van der Waals surface area (Å²) < 4.78 is 2.41. The largest absolute Gasteiger partial charge is 0.310 e. The van der Waals surface area contributed by atoms with Crippen molar-refractivity contribution in [2.24, 2.45) is 0 Å². The highest BCUT2D eigenvalue weighted by Crippen LogP contribution is 2.44. The maximum atomic E-state index is 2.46. The van der Waals surface area contributed by atoms with E-state index in [2.05, 4.69) is 276 Å². The number of fused-ring (bicyclic) bond motifs is 5. The van der Waals surface area contributed by atoms with Crippen molar-refractivity contribution in [3.63, 3.8) is 0 Å². The third-order valence-electron chi connectivity index (χ3n) is 13.3. The van der Waals surface area contributed by atoms with E-state index in [9.17, 15) is 0 Å². The van der Waals surface area contributed by atoms with Crippen LogP contribution in [0.1, 0.15) is 0 Å². The molecule has 0 saturated carbocycles. The van der Waals surface area contributed by atoms with Crippen LogP contribution >= 0.6 is 0 Å². The Bertz CT molecular complexity index is 3590. The Hall–Kier alpha value is -8.24. The van der Waals surface area contributed by atoms with Gasteiger partial charge in [0.05, 0.1) is 16.7 Å². The summed E-state index contributed by atoms with van der Waals surface area (Å²) in [5.74, 6) is 0. The van der Waals surface area contributed by atoms with Gasteiger partial charge in [0, 0.05) is 27.8 Å². The summed E-state index contributed by atoms with van der Waals surface area (Å²) in [6.45, 7) is 0. The Labute approximate surface area is 380 Å². The normalized spacial score (nSPS) is 11.7. The zero-order valence-electron chi connectivity index (χ0n) is 35.8. The number of hydrogen-bond donors (Lipinski definition) is 0. The second-order valence-corrected chi connectivity index (χ2v) is 20.7. The van der Waals surface area contributed by atoms with Crippen LogP contribution in [0.5, 0.6) is 0 Å². The van der Waals surface area contributed by atoms with Gasteiger partial charge in [0.2, 0.25) is 0 Å². The fourth-order valence-electron chi connectivity index (χ4n) is 10.4. The molecule has 0 aliphatic rings. The van der Waals surface area contributed by atoms with Crippen LogP contribution in [0, 0.1) is 0 Å². The first-order valence-corrected chi connectivity index (χ1v) is 24.4. The van der Waals surface area contributed by atoms with Crippen LogP contribution in [0.15, 0.2) is 267 Å². The number of nitrogens with zero attached hydrogens (tertiary/aromatic N) is 2. The zero-order valence-corrected chi connectivity index (χ0v) is 36.8. The van der Waals surface area contributed by atoms with Crippen molar-refractivity contribution in [3.8, 4) is 16.8 Å². The maximum Gasteiger partial charge on any atom is 0.179 e. The van der Waals surface area contributed by atoms with Gasteiger partial charge >= 0.3 is 0 Å². The molecule has 0 saturated heterocycles. The van der Waals surface area contributed by atoms with Gasteiger partial charge in [-0.1, -0.05) is 212 Å². The molecule has 0 fully saturated rings. The number of aromatic nitrogens is 1. The van der Waals surface area contributed by atoms with Crippen molar-refractivity contribution >= 4 is 89.2 Å². The van der Waals surface area contributed by atoms with E-state index in [4.69, 9.17) is 0 Å². The molecule has 12 rings (SSSR count). The van der Waals surface area contributed by atoms with E-state index in [0.717, 1.165) is 22.7 Å². The summed E-state index contributed by atoms with van der Waals surface area (Å²) in [6.07, 6.45) is 0. The molecule has 11 aromatic carbocycles. The smallest absolute Gasteiger partial charge is 0.179 e. The fourth-order valence-corrected chi connectivity index (χ4v) is 15.2. The Morgan fingerprint density at radius 3 is 1.54 bits per heavy atom. The molecule has 2 nitrogen and oxygen atoms in total. The molecule has 1 heterocycles. The number of benzene rings is 11. The van der Waals surface area contributed by atoms with Gasteiger partial charge in [0.15, 0.2) is 8.07 Å². The van der Waals surface area contributed by atoms with Crippen molar-refractivity contribution in [1.29, 1.82) is 0 Å². The van der Waals surface area contributed by atoms with Gasteiger partial charge in [-0.2, -0.15) is 0 Å². The fraction of sp³-hybridized carbons (Fsp3) is 0. The van der Waals surface area contributed by atoms with Crippen molar-refractivity contribution < 1.29 is 0 Å². The van der Waals surface area contributed by atoms with Gasteiger partial charge in [0.1, 0.15) is 0 Å². The van der Waals surface area contributed by atoms with Crippen molar-refractivity contribution in [3.05, 3.63) is 267 Å². The predicted molar refractivity (Wildman–Crippen MR) is 280 cm³/mol. The number of hydrogen-bond acceptors (Lipinski definition) is 1. The van der Waals surface area contributed by atoms with Crippen molar-refractivity contribution in [2.75, 3.05) is 4.90 Å². The summed E-state index contributed by atoms with van der Waals surface area (Å²) in [5.41, 5.74) is 9.23. The molecule has 0 unspecified atom stereocenters. The van der Waals surface area contributed by atoms with Crippen LogP contribution in [0.4, 0.5) is 17.1 Å². The minimum Gasteiger partial charge on any atom is -0.310 e. The van der Waals surface area contributed by atoms with Crippen LogP contribution in [0.2, 0.25) is 0 Å². The first-order valence-electron chi connectivity index (χ1n) is 22.4.